The van der Waals surface area contributed by atoms with E-state index in [1.54, 1.807) is 6.07 Å². The summed E-state index contributed by atoms with van der Waals surface area (Å²) in [5, 5.41) is 27.3. The molecule has 0 atom stereocenters. The Kier molecular flexibility index (Phi) is 5.35. The van der Waals surface area contributed by atoms with Crippen LogP contribution in [0.2, 0.25) is 0 Å². The van der Waals surface area contributed by atoms with E-state index in [1.807, 2.05) is 32.0 Å². The highest BCUT2D eigenvalue weighted by atomic mass is 16.3. The number of aromatic hydroxyl groups is 2. The summed E-state index contributed by atoms with van der Waals surface area (Å²) < 4.78 is 1.47. The molecule has 4 rings (SSSR count). The molecule has 3 aromatic rings. The Labute approximate surface area is 181 Å². The van der Waals surface area contributed by atoms with Gasteiger partial charge in [-0.1, -0.05) is 32.9 Å². The van der Waals surface area contributed by atoms with Gasteiger partial charge in [-0.15, -0.1) is 0 Å². The molecule has 0 bridgehead atoms. The molecular formula is C24H28N4O3. The number of aromatic amines is 1. The third kappa shape index (κ3) is 3.71. The number of benzene rings is 2. The lowest BCUT2D eigenvalue weighted by Crippen LogP contribution is -2.16. The third-order valence-corrected chi connectivity index (χ3v) is 5.85. The minimum Gasteiger partial charge on any atom is -0.508 e. The van der Waals surface area contributed by atoms with Crippen molar-refractivity contribution in [3.05, 3.63) is 69.3 Å². The van der Waals surface area contributed by atoms with Gasteiger partial charge in [0.1, 0.15) is 11.5 Å². The zero-order valence-corrected chi connectivity index (χ0v) is 18.3. The number of nitrogens with zero attached hydrogens (tertiary/aromatic N) is 3. The van der Waals surface area contributed by atoms with E-state index in [-0.39, 0.29) is 23.1 Å². The van der Waals surface area contributed by atoms with Crippen LogP contribution in [-0.4, -0.2) is 29.9 Å². The van der Waals surface area contributed by atoms with Gasteiger partial charge in [0.15, 0.2) is 5.82 Å². The summed E-state index contributed by atoms with van der Waals surface area (Å²) in [6, 6.07) is 8.95. The topological polar surface area (TPSA) is 94.4 Å². The largest absolute Gasteiger partial charge is 0.508 e. The fourth-order valence-electron chi connectivity index (χ4n) is 4.15. The van der Waals surface area contributed by atoms with E-state index in [4.69, 9.17) is 0 Å². The summed E-state index contributed by atoms with van der Waals surface area (Å²) in [5.41, 5.74) is 5.02. The molecular weight excluding hydrogens is 392 g/mol. The molecule has 0 aliphatic carbocycles. The van der Waals surface area contributed by atoms with Crippen LogP contribution < -0.4 is 5.69 Å². The highest BCUT2D eigenvalue weighted by Crippen LogP contribution is 2.37. The highest BCUT2D eigenvalue weighted by Gasteiger charge is 2.23. The van der Waals surface area contributed by atoms with Gasteiger partial charge in [0, 0.05) is 24.9 Å². The third-order valence-electron chi connectivity index (χ3n) is 5.85. The van der Waals surface area contributed by atoms with Crippen molar-refractivity contribution < 1.29 is 10.2 Å². The molecule has 0 radical (unpaired) electrons. The highest BCUT2D eigenvalue weighted by molar-refractivity contribution is 5.69. The maximum Gasteiger partial charge on any atom is 0.348 e. The first kappa shape index (κ1) is 20.8. The average molecular weight is 421 g/mol. The van der Waals surface area contributed by atoms with E-state index in [9.17, 15) is 15.0 Å². The Hall–Kier alpha value is -3.48. The normalized spacial score (nSPS) is 13.8. The number of phenols is 2. The summed E-state index contributed by atoms with van der Waals surface area (Å²) >= 11 is 0. The Bertz CT molecular complexity index is 1220. The number of fused-ring (bicyclic) bond motifs is 1. The summed E-state index contributed by atoms with van der Waals surface area (Å²) in [5.74, 6) is 0.244. The molecule has 1 aromatic heterocycles. The van der Waals surface area contributed by atoms with Crippen LogP contribution in [0.5, 0.6) is 11.5 Å². The summed E-state index contributed by atoms with van der Waals surface area (Å²) in [6.07, 6.45) is 3.21. The lowest BCUT2D eigenvalue weighted by molar-refractivity contribution is 0.362. The fourth-order valence-corrected chi connectivity index (χ4v) is 4.15. The van der Waals surface area contributed by atoms with Crippen molar-refractivity contribution in [3.63, 3.8) is 0 Å². The number of phenolic OH excluding ortho intramolecular Hbond substituents is 2. The summed E-state index contributed by atoms with van der Waals surface area (Å²) in [7, 11) is 0. The Balaban J connectivity index is 1.78. The fraction of sp³-hybridized carbons (Fsp3) is 0.333. The molecule has 0 unspecified atom stereocenters. The second-order valence-corrected chi connectivity index (χ2v) is 8.33. The maximum atomic E-state index is 12.7. The van der Waals surface area contributed by atoms with Crippen LogP contribution in [0.3, 0.4) is 0 Å². The first-order valence-corrected chi connectivity index (χ1v) is 10.6. The molecule has 7 heteroatoms. The minimum absolute atomic E-state index is 0.0220. The summed E-state index contributed by atoms with van der Waals surface area (Å²) in [6.45, 7) is 9.79. The van der Waals surface area contributed by atoms with Gasteiger partial charge in [-0.3, -0.25) is 0 Å². The molecule has 0 amide bonds. The van der Waals surface area contributed by atoms with Crippen LogP contribution in [0.4, 0.5) is 0 Å². The quantitative estimate of drug-likeness (QED) is 0.569. The van der Waals surface area contributed by atoms with Crippen molar-refractivity contribution in [2.24, 2.45) is 0 Å². The number of nitrogens with one attached hydrogen (secondary N) is 1. The zero-order chi connectivity index (χ0) is 22.3. The number of hydrogen-bond acceptors (Lipinski definition) is 5. The number of allylic oxidation sites excluding steroid dienone is 2. The van der Waals surface area contributed by atoms with Gasteiger partial charge in [-0.05, 0) is 54.2 Å². The molecule has 2 heterocycles. The van der Waals surface area contributed by atoms with Gasteiger partial charge in [-0.2, -0.15) is 5.10 Å². The molecule has 3 N–H and O–H groups in total. The van der Waals surface area contributed by atoms with E-state index in [2.05, 4.69) is 35.0 Å². The van der Waals surface area contributed by atoms with Crippen molar-refractivity contribution in [2.45, 2.75) is 53.1 Å². The van der Waals surface area contributed by atoms with Crippen LogP contribution in [0, 0.1) is 0 Å². The van der Waals surface area contributed by atoms with Gasteiger partial charge in [0.25, 0.3) is 0 Å². The van der Waals surface area contributed by atoms with Crippen LogP contribution in [0.25, 0.3) is 17.1 Å². The predicted molar refractivity (Wildman–Crippen MR) is 120 cm³/mol. The maximum absolute atomic E-state index is 12.7. The second kappa shape index (κ2) is 7.98. The standard InChI is InChI=1S/C24H28N4O3/c1-5-6-15(4)27-12-16-7-8-18(9-17(16)13-27)28-23(25-26-24(28)31)20-10-19(14(2)3)21(29)11-22(20)30/h6-11,14,29-30H,5,12-13H2,1-4H3,(H,26,31)/b15-6-. The van der Waals surface area contributed by atoms with Crippen molar-refractivity contribution in [3.8, 4) is 28.6 Å². The lowest BCUT2D eigenvalue weighted by Gasteiger charge is -2.18. The summed E-state index contributed by atoms with van der Waals surface area (Å²) in [4.78, 5) is 15.0. The lowest BCUT2D eigenvalue weighted by atomic mass is 9.98. The van der Waals surface area contributed by atoms with E-state index in [1.165, 1.54) is 27.5 Å². The zero-order valence-electron chi connectivity index (χ0n) is 18.3. The first-order chi connectivity index (χ1) is 14.8. The van der Waals surface area contributed by atoms with Crippen molar-refractivity contribution in [1.29, 1.82) is 0 Å². The Morgan fingerprint density at radius 1 is 1.16 bits per heavy atom. The smallest absolute Gasteiger partial charge is 0.348 e. The number of hydrogen-bond donors (Lipinski definition) is 3. The SMILES string of the molecule is CC/C=C(/C)N1Cc2ccc(-n3c(-c4cc(C(C)C)c(O)cc4O)n[nH]c3=O)cc2C1. The number of H-pyrrole nitrogens is 1. The molecule has 1 aliphatic heterocycles. The molecule has 0 fully saturated rings. The van der Waals surface area contributed by atoms with E-state index in [0.717, 1.165) is 19.5 Å². The van der Waals surface area contributed by atoms with Gasteiger partial charge in [0.05, 0.1) is 11.3 Å². The Morgan fingerprint density at radius 3 is 2.61 bits per heavy atom. The molecule has 0 saturated heterocycles. The average Bonchev–Trinajstić information content (AvgIpc) is 3.31. The molecule has 31 heavy (non-hydrogen) atoms. The van der Waals surface area contributed by atoms with Crippen molar-refractivity contribution in [2.75, 3.05) is 0 Å². The molecule has 0 saturated carbocycles. The molecule has 2 aromatic carbocycles. The molecule has 7 nitrogen and oxygen atoms in total. The van der Waals surface area contributed by atoms with Crippen LogP contribution in [0.15, 0.2) is 46.9 Å². The number of aromatic nitrogens is 3. The predicted octanol–water partition coefficient (Wildman–Crippen LogP) is 4.39. The van der Waals surface area contributed by atoms with E-state index < -0.39 is 0 Å². The van der Waals surface area contributed by atoms with E-state index in [0.29, 0.717) is 22.6 Å². The molecule has 0 spiro atoms. The Morgan fingerprint density at radius 2 is 1.90 bits per heavy atom. The van der Waals surface area contributed by atoms with Crippen molar-refractivity contribution in [1.82, 2.24) is 19.7 Å². The monoisotopic (exact) mass is 420 g/mol. The first-order valence-electron chi connectivity index (χ1n) is 10.6. The van der Waals surface area contributed by atoms with Crippen LogP contribution in [-0.2, 0) is 13.1 Å². The van der Waals surface area contributed by atoms with Crippen molar-refractivity contribution >= 4 is 0 Å². The van der Waals surface area contributed by atoms with Gasteiger partial charge in [-0.25, -0.2) is 14.5 Å². The molecule has 1 aliphatic rings. The van der Waals surface area contributed by atoms with E-state index >= 15 is 0 Å². The van der Waals surface area contributed by atoms with Gasteiger partial charge in [0.2, 0.25) is 0 Å². The van der Waals surface area contributed by atoms with Crippen LogP contribution >= 0.6 is 0 Å². The van der Waals surface area contributed by atoms with Gasteiger partial charge < -0.3 is 15.1 Å². The second-order valence-electron chi connectivity index (χ2n) is 8.33. The minimum atomic E-state index is -0.384. The number of rotatable bonds is 5. The van der Waals surface area contributed by atoms with Crippen LogP contribution in [0.1, 0.15) is 56.7 Å². The molecule has 162 valence electrons. The van der Waals surface area contributed by atoms with Gasteiger partial charge >= 0.3 is 5.69 Å².